The maximum absolute atomic E-state index is 3.77. The van der Waals surface area contributed by atoms with Crippen LogP contribution in [0.4, 0.5) is 0 Å². The van der Waals surface area contributed by atoms with Gasteiger partial charge in [0.05, 0.1) is 0 Å². The molecule has 0 aliphatic heterocycles. The van der Waals surface area contributed by atoms with Crippen molar-refractivity contribution in [3.05, 3.63) is 0 Å². The molecule has 0 spiro atoms. The van der Waals surface area contributed by atoms with Crippen molar-refractivity contribution in [1.82, 2.24) is 10.2 Å². The zero-order chi connectivity index (χ0) is 15.5. The molecule has 0 bridgehead atoms. The van der Waals surface area contributed by atoms with Gasteiger partial charge < -0.3 is 10.2 Å². The number of unbranched alkanes of at least 4 members (excludes halogenated alkanes) is 2. The summed E-state index contributed by atoms with van der Waals surface area (Å²) in [4.78, 5) is 2.76. The molecule has 1 aliphatic carbocycles. The van der Waals surface area contributed by atoms with E-state index in [2.05, 4.69) is 37.9 Å². The van der Waals surface area contributed by atoms with E-state index in [0.717, 1.165) is 24.4 Å². The highest BCUT2D eigenvalue weighted by Crippen LogP contribution is 2.32. The van der Waals surface area contributed by atoms with Gasteiger partial charge in [0.25, 0.3) is 0 Å². The van der Waals surface area contributed by atoms with Gasteiger partial charge in [-0.05, 0) is 63.6 Å². The highest BCUT2D eigenvalue weighted by Gasteiger charge is 2.30. The Balaban J connectivity index is 2.56. The topological polar surface area (TPSA) is 15.3 Å². The summed E-state index contributed by atoms with van der Waals surface area (Å²) in [5, 5.41) is 3.77. The predicted molar refractivity (Wildman–Crippen MR) is 94.8 cm³/mol. The molecule has 1 N–H and O–H groups in total. The molecule has 0 radical (unpaired) electrons. The van der Waals surface area contributed by atoms with Crippen LogP contribution in [0.25, 0.3) is 0 Å². The normalized spacial score (nSPS) is 26.4. The summed E-state index contributed by atoms with van der Waals surface area (Å²) in [5.41, 5.74) is 0. The quantitative estimate of drug-likeness (QED) is 0.595. The first-order valence-electron chi connectivity index (χ1n) is 9.70. The van der Waals surface area contributed by atoms with Crippen molar-refractivity contribution >= 4 is 0 Å². The molecular weight excluding hydrogens is 256 g/mol. The molecule has 1 rings (SSSR count). The first kappa shape index (κ1) is 19.0. The Morgan fingerprint density at radius 2 is 1.62 bits per heavy atom. The van der Waals surface area contributed by atoms with Crippen LogP contribution in [-0.4, -0.2) is 37.1 Å². The van der Waals surface area contributed by atoms with Crippen LogP contribution < -0.4 is 5.32 Å². The molecule has 126 valence electrons. The average Bonchev–Trinajstić information content (AvgIpc) is 2.51. The number of rotatable bonds is 11. The average molecular weight is 297 g/mol. The van der Waals surface area contributed by atoms with Crippen molar-refractivity contribution in [3.63, 3.8) is 0 Å². The zero-order valence-corrected chi connectivity index (χ0v) is 15.2. The summed E-state index contributed by atoms with van der Waals surface area (Å²) < 4.78 is 0. The maximum atomic E-state index is 3.77. The molecule has 2 nitrogen and oxygen atoms in total. The van der Waals surface area contributed by atoms with Gasteiger partial charge in [-0.15, -0.1) is 0 Å². The van der Waals surface area contributed by atoms with Crippen molar-refractivity contribution < 1.29 is 0 Å². The van der Waals surface area contributed by atoms with E-state index in [1.54, 1.807) is 0 Å². The van der Waals surface area contributed by atoms with Gasteiger partial charge in [0.1, 0.15) is 0 Å². The molecule has 1 aliphatic rings. The van der Waals surface area contributed by atoms with Gasteiger partial charge in [0, 0.05) is 12.6 Å². The Morgan fingerprint density at radius 3 is 2.14 bits per heavy atom. The van der Waals surface area contributed by atoms with Crippen LogP contribution in [0.2, 0.25) is 0 Å². The molecule has 0 aromatic rings. The van der Waals surface area contributed by atoms with Gasteiger partial charge in [-0.3, -0.25) is 0 Å². The van der Waals surface area contributed by atoms with E-state index in [1.807, 2.05) is 0 Å². The van der Waals surface area contributed by atoms with E-state index in [9.17, 15) is 0 Å². The van der Waals surface area contributed by atoms with Gasteiger partial charge in [-0.2, -0.15) is 0 Å². The summed E-state index contributed by atoms with van der Waals surface area (Å²) in [6.07, 6.45) is 11.0. The second kappa shape index (κ2) is 11.5. The molecule has 1 saturated carbocycles. The third kappa shape index (κ3) is 7.15. The van der Waals surface area contributed by atoms with Crippen LogP contribution >= 0.6 is 0 Å². The number of hydrogen-bond donors (Lipinski definition) is 1. The van der Waals surface area contributed by atoms with E-state index in [1.165, 1.54) is 71.0 Å². The second-order valence-electron chi connectivity index (χ2n) is 7.02. The fourth-order valence-corrected chi connectivity index (χ4v) is 3.85. The summed E-state index contributed by atoms with van der Waals surface area (Å²) in [6.45, 7) is 14.3. The van der Waals surface area contributed by atoms with Crippen LogP contribution in [0.15, 0.2) is 0 Å². The van der Waals surface area contributed by atoms with Gasteiger partial charge in [0.15, 0.2) is 0 Å². The summed E-state index contributed by atoms with van der Waals surface area (Å²) in [5.74, 6) is 1.85. The fraction of sp³-hybridized carbons (Fsp3) is 1.00. The highest BCUT2D eigenvalue weighted by atomic mass is 15.1. The van der Waals surface area contributed by atoms with Crippen molar-refractivity contribution in [2.24, 2.45) is 11.8 Å². The van der Waals surface area contributed by atoms with E-state index in [-0.39, 0.29) is 0 Å². The highest BCUT2D eigenvalue weighted by molar-refractivity contribution is 4.86. The largest absolute Gasteiger partial charge is 0.314 e. The molecule has 0 heterocycles. The number of hydrogen-bond acceptors (Lipinski definition) is 2. The minimum atomic E-state index is 0.767. The molecule has 0 amide bonds. The molecule has 21 heavy (non-hydrogen) atoms. The van der Waals surface area contributed by atoms with E-state index < -0.39 is 0 Å². The Hall–Kier alpha value is -0.0800. The molecule has 1 fully saturated rings. The van der Waals surface area contributed by atoms with Crippen molar-refractivity contribution in [2.45, 2.75) is 85.1 Å². The van der Waals surface area contributed by atoms with Crippen LogP contribution in [0, 0.1) is 11.8 Å². The molecule has 2 heteroatoms. The standard InChI is InChI=1S/C19H40N2/c1-5-9-13-21(14-10-6-2)16-18-15-17(7-3)11-12-19(18)20-8-4/h17-20H,5-16H2,1-4H3. The summed E-state index contributed by atoms with van der Waals surface area (Å²) in [6, 6.07) is 0.767. The lowest BCUT2D eigenvalue weighted by molar-refractivity contribution is 0.136. The first-order chi connectivity index (χ1) is 10.2. The molecule has 3 unspecified atom stereocenters. The van der Waals surface area contributed by atoms with Crippen LogP contribution in [0.3, 0.4) is 0 Å². The maximum Gasteiger partial charge on any atom is 0.0108 e. The zero-order valence-electron chi connectivity index (χ0n) is 15.2. The summed E-state index contributed by atoms with van der Waals surface area (Å²) in [7, 11) is 0. The second-order valence-corrected chi connectivity index (χ2v) is 7.02. The third-order valence-corrected chi connectivity index (χ3v) is 5.28. The molecule has 0 aromatic heterocycles. The minimum absolute atomic E-state index is 0.767. The Labute approximate surface area is 134 Å². The number of nitrogens with one attached hydrogen (secondary N) is 1. The van der Waals surface area contributed by atoms with E-state index >= 15 is 0 Å². The molecule has 3 atom stereocenters. The number of nitrogens with zero attached hydrogens (tertiary/aromatic N) is 1. The van der Waals surface area contributed by atoms with Crippen molar-refractivity contribution in [3.8, 4) is 0 Å². The van der Waals surface area contributed by atoms with E-state index in [4.69, 9.17) is 0 Å². The Kier molecular flexibility index (Phi) is 10.4. The molecule has 0 aromatic carbocycles. The fourth-order valence-electron chi connectivity index (χ4n) is 3.85. The van der Waals surface area contributed by atoms with Crippen LogP contribution in [0.1, 0.15) is 79.1 Å². The van der Waals surface area contributed by atoms with Gasteiger partial charge in [-0.25, -0.2) is 0 Å². The lowest BCUT2D eigenvalue weighted by Gasteiger charge is -2.39. The van der Waals surface area contributed by atoms with Crippen LogP contribution in [-0.2, 0) is 0 Å². The lowest BCUT2D eigenvalue weighted by atomic mass is 9.76. The van der Waals surface area contributed by atoms with Gasteiger partial charge in [0.2, 0.25) is 0 Å². The smallest absolute Gasteiger partial charge is 0.0108 e. The minimum Gasteiger partial charge on any atom is -0.314 e. The van der Waals surface area contributed by atoms with Gasteiger partial charge >= 0.3 is 0 Å². The third-order valence-electron chi connectivity index (χ3n) is 5.28. The molecule has 0 saturated heterocycles. The van der Waals surface area contributed by atoms with Crippen molar-refractivity contribution in [2.75, 3.05) is 26.2 Å². The first-order valence-corrected chi connectivity index (χ1v) is 9.70. The summed E-state index contributed by atoms with van der Waals surface area (Å²) >= 11 is 0. The predicted octanol–water partition coefficient (Wildman–Crippen LogP) is 4.69. The van der Waals surface area contributed by atoms with E-state index in [0.29, 0.717) is 0 Å². The SMILES string of the molecule is CCCCN(CCCC)CC1CC(CC)CCC1NCC. The Morgan fingerprint density at radius 1 is 0.952 bits per heavy atom. The van der Waals surface area contributed by atoms with Crippen molar-refractivity contribution in [1.29, 1.82) is 0 Å². The molecular formula is C19H40N2. The lowest BCUT2D eigenvalue weighted by Crippen LogP contribution is -2.46. The Bertz CT molecular complexity index is 234. The monoisotopic (exact) mass is 296 g/mol. The van der Waals surface area contributed by atoms with Crippen LogP contribution in [0.5, 0.6) is 0 Å². The van der Waals surface area contributed by atoms with Gasteiger partial charge in [-0.1, -0.05) is 47.0 Å².